The van der Waals surface area contributed by atoms with Crippen LogP contribution in [0, 0.1) is 11.3 Å². The minimum Gasteiger partial charge on any atom is -0.241 e. The Morgan fingerprint density at radius 3 is 3.17 bits per heavy atom. The molecule has 2 aromatic rings. The van der Waals surface area contributed by atoms with Crippen LogP contribution in [0.4, 0.5) is 0 Å². The summed E-state index contributed by atoms with van der Waals surface area (Å²) >= 11 is 0. The third-order valence-corrected chi connectivity index (χ3v) is 1.74. The molecule has 0 saturated carbocycles. The van der Waals surface area contributed by atoms with Crippen molar-refractivity contribution in [3.05, 3.63) is 36.2 Å². The molecule has 2 aromatic heterocycles. The summed E-state index contributed by atoms with van der Waals surface area (Å²) in [5.74, 6) is 0. The molecule has 0 atom stereocenters. The van der Waals surface area contributed by atoms with Crippen LogP contribution in [0.25, 0.3) is 5.52 Å². The fraction of sp³-hybridized carbons (Fsp3) is 0.111. The van der Waals surface area contributed by atoms with Crippen LogP contribution in [0.3, 0.4) is 0 Å². The van der Waals surface area contributed by atoms with E-state index in [2.05, 4.69) is 11.2 Å². The van der Waals surface area contributed by atoms with Crippen LogP contribution in [0.2, 0.25) is 0 Å². The number of nitriles is 1. The van der Waals surface area contributed by atoms with Crippen LogP contribution in [-0.4, -0.2) is 9.61 Å². The zero-order valence-electron chi connectivity index (χ0n) is 6.44. The van der Waals surface area contributed by atoms with Gasteiger partial charge in [-0.2, -0.15) is 10.4 Å². The number of pyridine rings is 1. The van der Waals surface area contributed by atoms with E-state index in [0.717, 1.165) is 11.1 Å². The second-order valence-corrected chi connectivity index (χ2v) is 2.57. The molecular formula is C9H7N3. The zero-order chi connectivity index (χ0) is 8.39. The molecule has 0 aliphatic rings. The highest BCUT2D eigenvalue weighted by atomic mass is 15.2. The fourth-order valence-electron chi connectivity index (χ4n) is 1.15. The number of nitrogens with zero attached hydrogens (tertiary/aromatic N) is 3. The van der Waals surface area contributed by atoms with Crippen molar-refractivity contribution in [3.8, 4) is 6.07 Å². The fourth-order valence-corrected chi connectivity index (χ4v) is 1.15. The van der Waals surface area contributed by atoms with Crippen molar-refractivity contribution in [2.75, 3.05) is 0 Å². The van der Waals surface area contributed by atoms with Crippen LogP contribution in [-0.2, 0) is 6.42 Å². The Morgan fingerprint density at radius 2 is 2.33 bits per heavy atom. The first-order valence-corrected chi connectivity index (χ1v) is 3.69. The Balaban J connectivity index is 2.54. The van der Waals surface area contributed by atoms with E-state index >= 15 is 0 Å². The molecule has 58 valence electrons. The van der Waals surface area contributed by atoms with Gasteiger partial charge in [-0.25, -0.2) is 4.52 Å². The van der Waals surface area contributed by atoms with Gasteiger partial charge in [0.25, 0.3) is 0 Å². The molecule has 0 aliphatic carbocycles. The first kappa shape index (κ1) is 6.86. The van der Waals surface area contributed by atoms with Crippen LogP contribution in [0.5, 0.6) is 0 Å². The minimum absolute atomic E-state index is 0.440. The second-order valence-electron chi connectivity index (χ2n) is 2.57. The second kappa shape index (κ2) is 2.67. The standard InChI is InChI=1S/C9H7N3/c10-5-3-8-1-2-9-4-6-11-12(9)7-8/h1-2,4,6-7H,3H2. The van der Waals surface area contributed by atoms with E-state index in [0.29, 0.717) is 6.42 Å². The number of aromatic nitrogens is 2. The highest BCUT2D eigenvalue weighted by Gasteiger charge is 1.94. The third-order valence-electron chi connectivity index (χ3n) is 1.74. The SMILES string of the molecule is N#CCc1ccc2ccnn2c1. The molecular weight excluding hydrogens is 150 g/mol. The van der Waals surface area contributed by atoms with Gasteiger partial charge in [0.15, 0.2) is 0 Å². The number of fused-ring (bicyclic) bond motifs is 1. The highest BCUT2D eigenvalue weighted by Crippen LogP contribution is 2.05. The first-order chi connectivity index (χ1) is 5.90. The quantitative estimate of drug-likeness (QED) is 0.627. The van der Waals surface area contributed by atoms with E-state index in [1.165, 1.54) is 0 Å². The maximum Gasteiger partial charge on any atom is 0.0670 e. The minimum atomic E-state index is 0.440. The van der Waals surface area contributed by atoms with Gasteiger partial charge in [0.2, 0.25) is 0 Å². The van der Waals surface area contributed by atoms with E-state index in [-0.39, 0.29) is 0 Å². The molecule has 0 N–H and O–H groups in total. The van der Waals surface area contributed by atoms with Gasteiger partial charge in [-0.3, -0.25) is 0 Å². The van der Waals surface area contributed by atoms with Crippen molar-refractivity contribution in [2.24, 2.45) is 0 Å². The van der Waals surface area contributed by atoms with Gasteiger partial charge in [-0.05, 0) is 17.7 Å². The summed E-state index contributed by atoms with van der Waals surface area (Å²) in [6.45, 7) is 0. The lowest BCUT2D eigenvalue weighted by atomic mass is 10.2. The van der Waals surface area contributed by atoms with Crippen molar-refractivity contribution < 1.29 is 0 Å². The molecule has 0 bridgehead atoms. The summed E-state index contributed by atoms with van der Waals surface area (Å²) < 4.78 is 1.77. The Kier molecular flexibility index (Phi) is 1.52. The van der Waals surface area contributed by atoms with E-state index in [9.17, 15) is 0 Å². The predicted octanol–water partition coefficient (Wildman–Crippen LogP) is 1.40. The maximum atomic E-state index is 8.46. The van der Waals surface area contributed by atoms with E-state index in [1.54, 1.807) is 10.7 Å². The van der Waals surface area contributed by atoms with Crippen LogP contribution in [0.1, 0.15) is 5.56 Å². The molecule has 0 fully saturated rings. The van der Waals surface area contributed by atoms with Gasteiger partial charge in [-0.1, -0.05) is 6.07 Å². The summed E-state index contributed by atoms with van der Waals surface area (Å²) in [5, 5.41) is 12.5. The van der Waals surface area contributed by atoms with Crippen molar-refractivity contribution in [1.82, 2.24) is 9.61 Å². The Hall–Kier alpha value is -1.82. The normalized spacial score (nSPS) is 9.92. The summed E-state index contributed by atoms with van der Waals surface area (Å²) in [6.07, 6.45) is 4.06. The molecule has 0 spiro atoms. The third kappa shape index (κ3) is 1.04. The van der Waals surface area contributed by atoms with E-state index in [4.69, 9.17) is 5.26 Å². The highest BCUT2D eigenvalue weighted by molar-refractivity contribution is 5.46. The topological polar surface area (TPSA) is 41.1 Å². The Labute approximate surface area is 69.9 Å². The summed E-state index contributed by atoms with van der Waals surface area (Å²) in [6, 6.07) is 7.93. The van der Waals surface area contributed by atoms with Gasteiger partial charge >= 0.3 is 0 Å². The monoisotopic (exact) mass is 157 g/mol. The van der Waals surface area contributed by atoms with E-state index < -0.39 is 0 Å². The van der Waals surface area contributed by atoms with Gasteiger partial charge in [0, 0.05) is 12.4 Å². The molecule has 0 amide bonds. The molecule has 2 heterocycles. The summed E-state index contributed by atoms with van der Waals surface area (Å²) in [5.41, 5.74) is 2.05. The van der Waals surface area contributed by atoms with Gasteiger partial charge in [0.1, 0.15) is 0 Å². The maximum absolute atomic E-state index is 8.46. The summed E-state index contributed by atoms with van der Waals surface area (Å²) in [7, 11) is 0. The Bertz CT molecular complexity index is 436. The molecule has 0 unspecified atom stereocenters. The lowest BCUT2D eigenvalue weighted by Gasteiger charge is -1.95. The largest absolute Gasteiger partial charge is 0.241 e. The zero-order valence-corrected chi connectivity index (χ0v) is 6.44. The predicted molar refractivity (Wildman–Crippen MR) is 44.5 cm³/mol. The smallest absolute Gasteiger partial charge is 0.0670 e. The van der Waals surface area contributed by atoms with Crippen molar-refractivity contribution in [1.29, 1.82) is 5.26 Å². The molecule has 12 heavy (non-hydrogen) atoms. The van der Waals surface area contributed by atoms with Gasteiger partial charge < -0.3 is 0 Å². The number of hydrogen-bond donors (Lipinski definition) is 0. The van der Waals surface area contributed by atoms with Crippen molar-refractivity contribution in [2.45, 2.75) is 6.42 Å². The van der Waals surface area contributed by atoms with Crippen LogP contribution >= 0.6 is 0 Å². The van der Waals surface area contributed by atoms with Crippen LogP contribution < -0.4 is 0 Å². The molecule has 0 radical (unpaired) electrons. The lowest BCUT2D eigenvalue weighted by Crippen LogP contribution is -1.89. The lowest BCUT2D eigenvalue weighted by molar-refractivity contribution is 0.945. The number of hydrogen-bond acceptors (Lipinski definition) is 2. The van der Waals surface area contributed by atoms with Gasteiger partial charge in [0.05, 0.1) is 18.0 Å². The average Bonchev–Trinajstić information content (AvgIpc) is 2.51. The molecule has 0 saturated heterocycles. The van der Waals surface area contributed by atoms with Crippen LogP contribution in [0.15, 0.2) is 30.6 Å². The summed E-state index contributed by atoms with van der Waals surface area (Å²) in [4.78, 5) is 0. The van der Waals surface area contributed by atoms with Gasteiger partial charge in [-0.15, -0.1) is 0 Å². The van der Waals surface area contributed by atoms with E-state index in [1.807, 2.05) is 24.4 Å². The molecule has 0 aromatic carbocycles. The number of rotatable bonds is 1. The molecule has 0 aliphatic heterocycles. The molecule has 3 nitrogen and oxygen atoms in total. The molecule has 3 heteroatoms. The first-order valence-electron chi connectivity index (χ1n) is 3.69. The average molecular weight is 157 g/mol. The molecule has 2 rings (SSSR count). The van der Waals surface area contributed by atoms with Crippen molar-refractivity contribution in [3.63, 3.8) is 0 Å². The Morgan fingerprint density at radius 1 is 1.42 bits per heavy atom. The van der Waals surface area contributed by atoms with Crippen molar-refractivity contribution >= 4 is 5.52 Å².